The van der Waals surface area contributed by atoms with E-state index in [-0.39, 0.29) is 5.41 Å². The van der Waals surface area contributed by atoms with Crippen molar-refractivity contribution in [2.24, 2.45) is 17.1 Å². The van der Waals surface area contributed by atoms with E-state index in [2.05, 4.69) is 39.8 Å². The number of hydrogen-bond donors (Lipinski definition) is 1. The van der Waals surface area contributed by atoms with Gasteiger partial charge in [-0.15, -0.1) is 0 Å². The minimum Gasteiger partial charge on any atom is -0.402 e. The summed E-state index contributed by atoms with van der Waals surface area (Å²) in [5, 5.41) is 0. The Labute approximate surface area is 69.0 Å². The first-order valence-electron chi connectivity index (χ1n) is 4.10. The molecule has 62 valence electrons. The predicted molar refractivity (Wildman–Crippen MR) is 49.0 cm³/mol. The lowest BCUT2D eigenvalue weighted by Crippen LogP contribution is -2.27. The van der Waals surface area contributed by atoms with Gasteiger partial charge in [0.05, 0.1) is 0 Å². The zero-order chi connectivity index (χ0) is 8.65. The van der Waals surface area contributed by atoms with Crippen molar-refractivity contribution in [2.75, 3.05) is 0 Å². The second-order valence-corrected chi connectivity index (χ2v) is 4.08. The van der Waals surface area contributed by atoms with Crippen LogP contribution in [0.3, 0.4) is 0 Å². The molecule has 1 aliphatic rings. The quantitative estimate of drug-likeness (QED) is 0.565. The summed E-state index contributed by atoms with van der Waals surface area (Å²) < 4.78 is 0. The summed E-state index contributed by atoms with van der Waals surface area (Å²) in [5.41, 5.74) is 8.38. The molecule has 0 aromatic carbocycles. The molecule has 0 aromatic heterocycles. The fourth-order valence-corrected chi connectivity index (χ4v) is 1.57. The maximum absolute atomic E-state index is 5.86. The Morgan fingerprint density at radius 3 is 2.45 bits per heavy atom. The standard InChI is InChI=1S/C10H17N/c1-7-5-9(11)8(2)10(3,4)6-7/h5-6,8H,11H2,1-4H3. The van der Waals surface area contributed by atoms with Crippen molar-refractivity contribution in [1.29, 1.82) is 0 Å². The molecule has 2 N–H and O–H groups in total. The van der Waals surface area contributed by atoms with E-state index in [0.717, 1.165) is 5.70 Å². The molecule has 1 aliphatic carbocycles. The van der Waals surface area contributed by atoms with E-state index in [1.807, 2.05) is 0 Å². The van der Waals surface area contributed by atoms with E-state index in [1.165, 1.54) is 5.57 Å². The van der Waals surface area contributed by atoms with Crippen LogP contribution in [0.4, 0.5) is 0 Å². The van der Waals surface area contributed by atoms with Crippen molar-refractivity contribution in [1.82, 2.24) is 0 Å². The highest BCUT2D eigenvalue weighted by Crippen LogP contribution is 2.36. The van der Waals surface area contributed by atoms with Crippen molar-refractivity contribution >= 4 is 0 Å². The number of nitrogens with two attached hydrogens (primary N) is 1. The summed E-state index contributed by atoms with van der Waals surface area (Å²) in [6.45, 7) is 8.72. The third kappa shape index (κ3) is 1.47. The van der Waals surface area contributed by atoms with Crippen LogP contribution >= 0.6 is 0 Å². The molecule has 0 spiro atoms. The average Bonchev–Trinajstić information content (AvgIpc) is 1.81. The molecule has 1 heteroatoms. The molecular weight excluding hydrogens is 134 g/mol. The van der Waals surface area contributed by atoms with Crippen molar-refractivity contribution in [3.05, 3.63) is 23.4 Å². The van der Waals surface area contributed by atoms with Crippen LogP contribution in [0.2, 0.25) is 0 Å². The normalized spacial score (nSPS) is 29.3. The lowest BCUT2D eigenvalue weighted by atomic mass is 9.74. The van der Waals surface area contributed by atoms with Crippen molar-refractivity contribution in [3.63, 3.8) is 0 Å². The van der Waals surface area contributed by atoms with Crippen LogP contribution < -0.4 is 5.73 Å². The van der Waals surface area contributed by atoms with Gasteiger partial charge in [-0.2, -0.15) is 0 Å². The van der Waals surface area contributed by atoms with Crippen LogP contribution in [0, 0.1) is 11.3 Å². The monoisotopic (exact) mass is 151 g/mol. The summed E-state index contributed by atoms with van der Waals surface area (Å²) in [7, 11) is 0. The molecule has 0 bridgehead atoms. The Morgan fingerprint density at radius 2 is 2.00 bits per heavy atom. The molecule has 0 radical (unpaired) electrons. The van der Waals surface area contributed by atoms with Gasteiger partial charge < -0.3 is 5.73 Å². The highest BCUT2D eigenvalue weighted by molar-refractivity contribution is 5.30. The number of rotatable bonds is 0. The second-order valence-electron chi connectivity index (χ2n) is 4.08. The first kappa shape index (κ1) is 8.38. The summed E-state index contributed by atoms with van der Waals surface area (Å²) in [6, 6.07) is 0. The molecule has 1 unspecified atom stereocenters. The summed E-state index contributed by atoms with van der Waals surface area (Å²) >= 11 is 0. The Bertz CT molecular complexity index is 221. The molecule has 1 atom stereocenters. The minimum absolute atomic E-state index is 0.225. The van der Waals surface area contributed by atoms with Gasteiger partial charge in [0.25, 0.3) is 0 Å². The SMILES string of the molecule is CC1=CC(C)(C)C(C)C(N)=C1. The van der Waals surface area contributed by atoms with Gasteiger partial charge in [-0.25, -0.2) is 0 Å². The van der Waals surface area contributed by atoms with Gasteiger partial charge in [-0.1, -0.05) is 32.4 Å². The Kier molecular flexibility index (Phi) is 1.83. The van der Waals surface area contributed by atoms with Gasteiger partial charge in [0, 0.05) is 11.6 Å². The molecule has 1 rings (SSSR count). The maximum atomic E-state index is 5.86. The summed E-state index contributed by atoms with van der Waals surface area (Å²) in [6.07, 6.45) is 4.35. The molecule has 0 aromatic rings. The maximum Gasteiger partial charge on any atom is 0.0120 e. The first-order chi connectivity index (χ1) is 4.93. The molecule has 0 saturated heterocycles. The fraction of sp³-hybridized carbons (Fsp3) is 0.600. The van der Waals surface area contributed by atoms with Crippen LogP contribution in [0.5, 0.6) is 0 Å². The largest absolute Gasteiger partial charge is 0.402 e. The van der Waals surface area contributed by atoms with Crippen LogP contribution in [-0.2, 0) is 0 Å². The first-order valence-corrected chi connectivity index (χ1v) is 4.10. The molecule has 0 aliphatic heterocycles. The Hall–Kier alpha value is -0.720. The van der Waals surface area contributed by atoms with Crippen molar-refractivity contribution < 1.29 is 0 Å². The van der Waals surface area contributed by atoms with Gasteiger partial charge in [0.15, 0.2) is 0 Å². The second kappa shape index (κ2) is 2.40. The minimum atomic E-state index is 0.225. The lowest BCUT2D eigenvalue weighted by molar-refractivity contribution is 0.342. The zero-order valence-corrected chi connectivity index (χ0v) is 7.81. The highest BCUT2D eigenvalue weighted by atomic mass is 14.6. The van der Waals surface area contributed by atoms with Crippen LogP contribution in [-0.4, -0.2) is 0 Å². The van der Waals surface area contributed by atoms with Crippen LogP contribution in [0.25, 0.3) is 0 Å². The van der Waals surface area contributed by atoms with E-state index in [9.17, 15) is 0 Å². The van der Waals surface area contributed by atoms with Crippen molar-refractivity contribution in [3.8, 4) is 0 Å². The molecule has 0 fully saturated rings. The Morgan fingerprint density at radius 1 is 1.45 bits per heavy atom. The van der Waals surface area contributed by atoms with Crippen molar-refractivity contribution in [2.45, 2.75) is 27.7 Å². The molecule has 0 heterocycles. The predicted octanol–water partition coefficient (Wildman–Crippen LogP) is 2.45. The van der Waals surface area contributed by atoms with Crippen LogP contribution in [0.1, 0.15) is 27.7 Å². The number of hydrogen-bond acceptors (Lipinski definition) is 1. The van der Waals surface area contributed by atoms with E-state index in [4.69, 9.17) is 5.73 Å². The average molecular weight is 151 g/mol. The topological polar surface area (TPSA) is 26.0 Å². The molecule has 0 saturated carbocycles. The van der Waals surface area contributed by atoms with Gasteiger partial charge in [0.1, 0.15) is 0 Å². The summed E-state index contributed by atoms with van der Waals surface area (Å²) in [4.78, 5) is 0. The van der Waals surface area contributed by atoms with E-state index in [0.29, 0.717) is 5.92 Å². The highest BCUT2D eigenvalue weighted by Gasteiger charge is 2.27. The van der Waals surface area contributed by atoms with E-state index < -0.39 is 0 Å². The molecular formula is C10H17N. The van der Waals surface area contributed by atoms with Crippen LogP contribution in [0.15, 0.2) is 23.4 Å². The van der Waals surface area contributed by atoms with Gasteiger partial charge in [0.2, 0.25) is 0 Å². The zero-order valence-electron chi connectivity index (χ0n) is 7.81. The molecule has 1 nitrogen and oxygen atoms in total. The third-order valence-corrected chi connectivity index (χ3v) is 2.61. The smallest absolute Gasteiger partial charge is 0.0120 e. The number of allylic oxidation sites excluding steroid dienone is 4. The fourth-order valence-electron chi connectivity index (χ4n) is 1.57. The van der Waals surface area contributed by atoms with Gasteiger partial charge >= 0.3 is 0 Å². The molecule has 11 heavy (non-hydrogen) atoms. The van der Waals surface area contributed by atoms with E-state index >= 15 is 0 Å². The van der Waals surface area contributed by atoms with Gasteiger partial charge in [-0.05, 0) is 18.4 Å². The Balaban J connectivity index is 3.01. The van der Waals surface area contributed by atoms with E-state index in [1.54, 1.807) is 0 Å². The third-order valence-electron chi connectivity index (χ3n) is 2.61. The summed E-state index contributed by atoms with van der Waals surface area (Å²) in [5.74, 6) is 0.464. The molecule has 0 amide bonds. The van der Waals surface area contributed by atoms with Gasteiger partial charge in [-0.3, -0.25) is 0 Å². The lowest BCUT2D eigenvalue weighted by Gasteiger charge is -2.32.